The van der Waals surface area contributed by atoms with Gasteiger partial charge in [0.2, 0.25) is 0 Å². The van der Waals surface area contributed by atoms with Crippen LogP contribution in [0, 0.1) is 5.13 Å². The summed E-state index contributed by atoms with van der Waals surface area (Å²) in [6.07, 6.45) is 0. The van der Waals surface area contributed by atoms with E-state index in [0.717, 1.165) is 12.1 Å². The van der Waals surface area contributed by atoms with Crippen LogP contribution in [-0.2, 0) is 0 Å². The molecule has 0 nitrogen and oxygen atoms in total. The molecule has 1 rings (SSSR count). The lowest BCUT2D eigenvalue weighted by Gasteiger charge is -2.09. The normalized spacial score (nSPS) is 12.0. The predicted molar refractivity (Wildman–Crippen MR) is 33.0 cm³/mol. The highest BCUT2D eigenvalue weighted by molar-refractivity contribution is 7.22. The van der Waals surface area contributed by atoms with E-state index >= 15 is 0 Å². The fourth-order valence-electron chi connectivity index (χ4n) is 0.504. The summed E-state index contributed by atoms with van der Waals surface area (Å²) in [5, 5.41) is -0.797. The Morgan fingerprint density at radius 3 is 2.00 bits per heavy atom. The molecule has 0 radical (unpaired) electrons. The van der Waals surface area contributed by atoms with Crippen LogP contribution in [0.25, 0.3) is 0 Å². The van der Waals surface area contributed by atoms with Gasteiger partial charge in [-0.1, -0.05) is 10.8 Å². The summed E-state index contributed by atoms with van der Waals surface area (Å²) < 4.78 is 46.3. The second kappa shape index (κ2) is 2.27. The quantitative estimate of drug-likeness (QED) is 0.445. The molecular formula is C4H2BF4S-. The summed E-state index contributed by atoms with van der Waals surface area (Å²) in [5.41, 5.74) is 0. The fraction of sp³-hybridized carbons (Fsp3) is 0. The lowest BCUT2D eigenvalue weighted by atomic mass is 9.90. The first-order chi connectivity index (χ1) is 4.50. The van der Waals surface area contributed by atoms with Crippen molar-refractivity contribution in [2.45, 2.75) is 0 Å². The van der Waals surface area contributed by atoms with Crippen LogP contribution < -0.4 is 4.78 Å². The minimum absolute atomic E-state index is 0.131. The standard InChI is InChI=1S/C4H2BF4S/c6-4-2-1-3(10-4)5(7,8)9/h1-2H/q-1. The molecular weight excluding hydrogens is 167 g/mol. The number of rotatable bonds is 1. The Morgan fingerprint density at radius 1 is 1.20 bits per heavy atom. The average molecular weight is 169 g/mol. The highest BCUT2D eigenvalue weighted by Gasteiger charge is 2.27. The van der Waals surface area contributed by atoms with Crippen LogP contribution in [0.4, 0.5) is 17.3 Å². The topological polar surface area (TPSA) is 0 Å². The Bertz CT molecular complexity index is 227. The molecule has 10 heavy (non-hydrogen) atoms. The van der Waals surface area contributed by atoms with Crippen molar-refractivity contribution < 1.29 is 17.3 Å². The van der Waals surface area contributed by atoms with E-state index in [1.165, 1.54) is 0 Å². The smallest absolute Gasteiger partial charge is 0.444 e. The predicted octanol–water partition coefficient (Wildman–Crippen LogP) is 1.94. The third-order valence-corrected chi connectivity index (χ3v) is 1.89. The van der Waals surface area contributed by atoms with Gasteiger partial charge in [-0.3, -0.25) is 0 Å². The SMILES string of the molecule is Fc1ccc([B-](F)(F)F)s1. The van der Waals surface area contributed by atoms with Gasteiger partial charge in [-0.2, -0.15) is 4.39 Å². The van der Waals surface area contributed by atoms with Gasteiger partial charge in [0, 0.05) is 0 Å². The second-order valence-corrected chi connectivity index (χ2v) is 2.78. The van der Waals surface area contributed by atoms with Crippen molar-refractivity contribution in [3.8, 4) is 0 Å². The molecule has 1 aromatic heterocycles. The van der Waals surface area contributed by atoms with E-state index in [1.54, 1.807) is 0 Å². The van der Waals surface area contributed by atoms with Gasteiger partial charge >= 0.3 is 6.98 Å². The van der Waals surface area contributed by atoms with Crippen molar-refractivity contribution in [2.24, 2.45) is 0 Å². The third kappa shape index (κ3) is 1.50. The largest absolute Gasteiger partial charge is 0.519 e. The van der Waals surface area contributed by atoms with Crippen molar-refractivity contribution >= 4 is 23.1 Å². The van der Waals surface area contributed by atoms with E-state index in [9.17, 15) is 17.3 Å². The zero-order valence-corrected chi connectivity index (χ0v) is 5.47. The van der Waals surface area contributed by atoms with Gasteiger partial charge in [0.15, 0.2) is 5.13 Å². The van der Waals surface area contributed by atoms with E-state index in [0.29, 0.717) is 0 Å². The van der Waals surface area contributed by atoms with E-state index in [4.69, 9.17) is 0 Å². The molecule has 0 spiro atoms. The summed E-state index contributed by atoms with van der Waals surface area (Å²) in [7, 11) is 0. The molecule has 56 valence electrons. The molecule has 0 saturated heterocycles. The first-order valence-corrected chi connectivity index (χ1v) is 3.27. The van der Waals surface area contributed by atoms with Crippen LogP contribution >= 0.6 is 11.3 Å². The number of thiophene rings is 1. The molecule has 1 aromatic rings. The molecule has 0 aliphatic rings. The Hall–Kier alpha value is -0.515. The molecule has 0 N–H and O–H groups in total. The van der Waals surface area contributed by atoms with Gasteiger partial charge in [-0.05, 0) is 6.07 Å². The molecule has 1 heterocycles. The summed E-state index contributed by atoms with van der Waals surface area (Å²) >= 11 is 0.131. The highest BCUT2D eigenvalue weighted by Crippen LogP contribution is 2.14. The molecule has 0 unspecified atom stereocenters. The molecule has 6 heteroatoms. The van der Waals surface area contributed by atoms with Crippen LogP contribution in [0.15, 0.2) is 12.1 Å². The lowest BCUT2D eigenvalue weighted by Crippen LogP contribution is -2.30. The van der Waals surface area contributed by atoms with Crippen molar-refractivity contribution in [3.05, 3.63) is 17.3 Å². The van der Waals surface area contributed by atoms with E-state index in [1.807, 2.05) is 0 Å². The number of hydrogen-bond acceptors (Lipinski definition) is 1. The zero-order chi connectivity index (χ0) is 7.78. The monoisotopic (exact) mass is 169 g/mol. The summed E-state index contributed by atoms with van der Waals surface area (Å²) in [6, 6.07) is 1.56. The van der Waals surface area contributed by atoms with Crippen molar-refractivity contribution in [1.82, 2.24) is 0 Å². The van der Waals surface area contributed by atoms with Crippen molar-refractivity contribution in [2.75, 3.05) is 0 Å². The fourth-order valence-corrected chi connectivity index (χ4v) is 1.14. The minimum atomic E-state index is -5.00. The van der Waals surface area contributed by atoms with E-state index in [2.05, 4.69) is 0 Å². The summed E-state index contributed by atoms with van der Waals surface area (Å²) in [5.74, 6) is 0. The number of hydrogen-bond donors (Lipinski definition) is 0. The van der Waals surface area contributed by atoms with Gasteiger partial charge < -0.3 is 12.9 Å². The van der Waals surface area contributed by atoms with Crippen LogP contribution in [0.3, 0.4) is 0 Å². The van der Waals surface area contributed by atoms with Gasteiger partial charge in [-0.25, -0.2) is 0 Å². The second-order valence-electron chi connectivity index (χ2n) is 1.72. The molecule has 0 aliphatic carbocycles. The maximum absolute atomic E-state index is 12.0. The highest BCUT2D eigenvalue weighted by atomic mass is 32.1. The Kier molecular flexibility index (Phi) is 1.72. The van der Waals surface area contributed by atoms with Crippen molar-refractivity contribution in [1.29, 1.82) is 0 Å². The maximum Gasteiger partial charge on any atom is 0.519 e. The zero-order valence-electron chi connectivity index (χ0n) is 4.65. The van der Waals surface area contributed by atoms with Crippen molar-refractivity contribution in [3.63, 3.8) is 0 Å². The van der Waals surface area contributed by atoms with E-state index in [-0.39, 0.29) is 11.3 Å². The van der Waals surface area contributed by atoms with Crippen LogP contribution in [0.2, 0.25) is 0 Å². The van der Waals surface area contributed by atoms with E-state index < -0.39 is 16.9 Å². The molecule has 0 saturated carbocycles. The molecule has 0 aliphatic heterocycles. The minimum Gasteiger partial charge on any atom is -0.444 e. The Labute approximate surface area is 58.5 Å². The summed E-state index contributed by atoms with van der Waals surface area (Å²) in [4.78, 5) is 0. The maximum atomic E-state index is 12.0. The first-order valence-electron chi connectivity index (χ1n) is 2.45. The summed E-state index contributed by atoms with van der Waals surface area (Å²) in [6.45, 7) is -5.00. The molecule has 0 bridgehead atoms. The lowest BCUT2D eigenvalue weighted by molar-refractivity contribution is 0.503. The molecule has 0 fully saturated rings. The molecule has 0 atom stereocenters. The van der Waals surface area contributed by atoms with Crippen LogP contribution in [0.5, 0.6) is 0 Å². The number of halogens is 4. The van der Waals surface area contributed by atoms with Gasteiger partial charge in [-0.15, -0.1) is 11.3 Å². The Morgan fingerprint density at radius 2 is 1.80 bits per heavy atom. The van der Waals surface area contributed by atoms with Crippen LogP contribution in [0.1, 0.15) is 0 Å². The van der Waals surface area contributed by atoms with Gasteiger partial charge in [0.1, 0.15) is 0 Å². The Balaban J connectivity index is 2.96. The average Bonchev–Trinajstić information content (AvgIpc) is 2.11. The van der Waals surface area contributed by atoms with Crippen LogP contribution in [-0.4, -0.2) is 6.98 Å². The third-order valence-electron chi connectivity index (χ3n) is 0.917. The van der Waals surface area contributed by atoms with Gasteiger partial charge in [0.25, 0.3) is 0 Å². The first kappa shape index (κ1) is 7.59. The van der Waals surface area contributed by atoms with Gasteiger partial charge in [0.05, 0.1) is 0 Å². The molecule has 0 amide bonds. The molecule has 0 aromatic carbocycles.